The smallest absolute Gasteiger partial charge is 0.223 e. The molecule has 3 atom stereocenters. The number of aryl methyl sites for hydroxylation is 1. The summed E-state index contributed by atoms with van der Waals surface area (Å²) in [6.45, 7) is 3.91. The van der Waals surface area contributed by atoms with E-state index >= 15 is 0 Å². The molecule has 0 aliphatic heterocycles. The number of benzene rings is 1. The van der Waals surface area contributed by atoms with Crippen LogP contribution in [-0.4, -0.2) is 23.4 Å². The van der Waals surface area contributed by atoms with Gasteiger partial charge in [0, 0.05) is 18.8 Å². The quantitative estimate of drug-likeness (QED) is 0.878. The fourth-order valence-corrected chi connectivity index (χ4v) is 3.09. The molecule has 2 N–H and O–H groups in total. The average Bonchev–Trinajstić information content (AvgIpc) is 2.52. The van der Waals surface area contributed by atoms with Crippen molar-refractivity contribution >= 4 is 11.7 Å². The molecule has 1 aliphatic rings. The molecular formula is C18H25NO3. The Morgan fingerprint density at radius 1 is 1.36 bits per heavy atom. The molecule has 2 rings (SSSR count). The summed E-state index contributed by atoms with van der Waals surface area (Å²) in [7, 11) is 0. The fourth-order valence-electron chi connectivity index (χ4n) is 3.09. The predicted octanol–water partition coefficient (Wildman–Crippen LogP) is 2.40. The van der Waals surface area contributed by atoms with Crippen molar-refractivity contribution in [1.82, 2.24) is 5.32 Å². The second kappa shape index (κ2) is 7.54. The first-order valence-electron chi connectivity index (χ1n) is 8.07. The first-order chi connectivity index (χ1) is 10.5. The average molecular weight is 303 g/mol. The number of ketones is 1. The summed E-state index contributed by atoms with van der Waals surface area (Å²) in [6, 6.07) is 7.56. The molecule has 0 spiro atoms. The zero-order valence-corrected chi connectivity index (χ0v) is 13.3. The van der Waals surface area contributed by atoms with Crippen LogP contribution in [0.5, 0.6) is 0 Å². The van der Waals surface area contributed by atoms with Crippen molar-refractivity contribution in [2.24, 2.45) is 11.8 Å². The second-order valence-corrected chi connectivity index (χ2v) is 6.20. The first kappa shape index (κ1) is 16.7. The Bertz CT molecular complexity index is 524. The lowest BCUT2D eigenvalue weighted by Crippen LogP contribution is -2.40. The number of rotatable bonds is 5. The van der Waals surface area contributed by atoms with E-state index in [0.29, 0.717) is 19.3 Å². The molecule has 0 heterocycles. The summed E-state index contributed by atoms with van der Waals surface area (Å²) in [4.78, 5) is 23.9. The molecule has 0 bridgehead atoms. The lowest BCUT2D eigenvalue weighted by atomic mass is 9.79. The van der Waals surface area contributed by atoms with Crippen LogP contribution >= 0.6 is 0 Å². The number of carbonyl (C=O) groups excluding carboxylic acids is 2. The van der Waals surface area contributed by atoms with Crippen molar-refractivity contribution < 1.29 is 14.7 Å². The number of hydrogen-bond donors (Lipinski definition) is 2. The number of nitrogens with one attached hydrogen (secondary N) is 1. The molecule has 0 aromatic heterocycles. The van der Waals surface area contributed by atoms with Crippen LogP contribution in [-0.2, 0) is 16.0 Å². The zero-order valence-electron chi connectivity index (χ0n) is 13.3. The molecule has 1 aliphatic carbocycles. The molecule has 22 heavy (non-hydrogen) atoms. The van der Waals surface area contributed by atoms with Gasteiger partial charge in [-0.1, -0.05) is 38.1 Å². The Kier molecular flexibility index (Phi) is 5.72. The van der Waals surface area contributed by atoms with Gasteiger partial charge < -0.3 is 10.4 Å². The monoisotopic (exact) mass is 303 g/mol. The van der Waals surface area contributed by atoms with E-state index in [1.54, 1.807) is 0 Å². The van der Waals surface area contributed by atoms with E-state index in [9.17, 15) is 14.7 Å². The highest BCUT2D eigenvalue weighted by molar-refractivity contribution is 5.85. The van der Waals surface area contributed by atoms with Gasteiger partial charge in [0.15, 0.2) is 0 Å². The highest BCUT2D eigenvalue weighted by Crippen LogP contribution is 2.28. The SMILES string of the molecule is CCc1ccc(C(CO)NC(=O)C2CCC(=O)CC2C)cc1. The van der Waals surface area contributed by atoms with E-state index in [4.69, 9.17) is 0 Å². The highest BCUT2D eigenvalue weighted by atomic mass is 16.3. The van der Waals surface area contributed by atoms with Gasteiger partial charge in [-0.05, 0) is 29.9 Å². The van der Waals surface area contributed by atoms with Crippen LogP contribution in [0, 0.1) is 11.8 Å². The summed E-state index contributed by atoms with van der Waals surface area (Å²) in [5.74, 6) is 0.119. The summed E-state index contributed by atoms with van der Waals surface area (Å²) in [6.07, 6.45) is 2.54. The number of aliphatic hydroxyl groups is 1. The van der Waals surface area contributed by atoms with Gasteiger partial charge in [0.1, 0.15) is 5.78 Å². The van der Waals surface area contributed by atoms with Crippen LogP contribution in [0.1, 0.15) is 50.3 Å². The van der Waals surface area contributed by atoms with Crippen molar-refractivity contribution in [1.29, 1.82) is 0 Å². The summed E-state index contributed by atoms with van der Waals surface area (Å²) >= 11 is 0. The van der Waals surface area contributed by atoms with Crippen LogP contribution in [0.2, 0.25) is 0 Å². The van der Waals surface area contributed by atoms with E-state index in [2.05, 4.69) is 12.2 Å². The molecule has 3 unspecified atom stereocenters. The number of aliphatic hydroxyl groups excluding tert-OH is 1. The van der Waals surface area contributed by atoms with Gasteiger partial charge in [0.25, 0.3) is 0 Å². The fraction of sp³-hybridized carbons (Fsp3) is 0.556. The van der Waals surface area contributed by atoms with Crippen molar-refractivity contribution in [3.63, 3.8) is 0 Å². The van der Waals surface area contributed by atoms with Crippen molar-refractivity contribution in [2.75, 3.05) is 6.61 Å². The van der Waals surface area contributed by atoms with Gasteiger partial charge in [-0.2, -0.15) is 0 Å². The van der Waals surface area contributed by atoms with Crippen LogP contribution in [0.25, 0.3) is 0 Å². The highest BCUT2D eigenvalue weighted by Gasteiger charge is 2.32. The molecule has 1 aromatic rings. The Morgan fingerprint density at radius 2 is 2.05 bits per heavy atom. The third-order valence-corrected chi connectivity index (χ3v) is 4.60. The maximum absolute atomic E-state index is 12.4. The van der Waals surface area contributed by atoms with Gasteiger partial charge in [0.05, 0.1) is 12.6 Å². The third kappa shape index (κ3) is 3.95. The minimum absolute atomic E-state index is 0.0568. The van der Waals surface area contributed by atoms with Gasteiger partial charge in [0.2, 0.25) is 5.91 Å². The molecule has 1 amide bonds. The Hall–Kier alpha value is -1.68. The molecule has 1 aromatic carbocycles. The Labute approximate surface area is 131 Å². The van der Waals surface area contributed by atoms with Gasteiger partial charge in [-0.3, -0.25) is 9.59 Å². The first-order valence-corrected chi connectivity index (χ1v) is 8.07. The van der Waals surface area contributed by atoms with Gasteiger partial charge in [-0.15, -0.1) is 0 Å². The van der Waals surface area contributed by atoms with Crippen LogP contribution in [0.4, 0.5) is 0 Å². The largest absolute Gasteiger partial charge is 0.394 e. The minimum atomic E-state index is -0.386. The summed E-state index contributed by atoms with van der Waals surface area (Å²) < 4.78 is 0. The summed E-state index contributed by atoms with van der Waals surface area (Å²) in [5, 5.41) is 12.5. The van der Waals surface area contributed by atoms with Crippen LogP contribution in [0.15, 0.2) is 24.3 Å². The standard InChI is InChI=1S/C18H25NO3/c1-3-13-4-6-14(7-5-13)17(11-20)19-18(22)16-9-8-15(21)10-12(16)2/h4-7,12,16-17,20H,3,8-11H2,1-2H3,(H,19,22). The van der Waals surface area contributed by atoms with Crippen LogP contribution < -0.4 is 5.32 Å². The van der Waals surface area contributed by atoms with Crippen molar-refractivity contribution in [3.8, 4) is 0 Å². The third-order valence-electron chi connectivity index (χ3n) is 4.60. The normalized spacial score (nSPS) is 23.1. The molecular weight excluding hydrogens is 278 g/mol. The van der Waals surface area contributed by atoms with Crippen molar-refractivity contribution in [2.45, 2.75) is 45.6 Å². The predicted molar refractivity (Wildman–Crippen MR) is 85.3 cm³/mol. The second-order valence-electron chi connectivity index (χ2n) is 6.20. The van der Waals surface area contributed by atoms with Gasteiger partial charge >= 0.3 is 0 Å². The lowest BCUT2D eigenvalue weighted by Gasteiger charge is -2.28. The molecule has 1 saturated carbocycles. The molecule has 1 fully saturated rings. The van der Waals surface area contributed by atoms with E-state index in [-0.39, 0.29) is 36.2 Å². The molecule has 0 radical (unpaired) electrons. The Balaban J connectivity index is 2.02. The number of amides is 1. The minimum Gasteiger partial charge on any atom is -0.394 e. The van der Waals surface area contributed by atoms with Crippen LogP contribution in [0.3, 0.4) is 0 Å². The van der Waals surface area contributed by atoms with E-state index in [1.165, 1.54) is 5.56 Å². The number of carbonyl (C=O) groups is 2. The maximum Gasteiger partial charge on any atom is 0.223 e. The Morgan fingerprint density at radius 3 is 2.59 bits per heavy atom. The zero-order chi connectivity index (χ0) is 16.1. The van der Waals surface area contributed by atoms with E-state index < -0.39 is 0 Å². The number of hydrogen-bond acceptors (Lipinski definition) is 3. The van der Waals surface area contributed by atoms with Crippen molar-refractivity contribution in [3.05, 3.63) is 35.4 Å². The molecule has 0 saturated heterocycles. The molecule has 4 nitrogen and oxygen atoms in total. The molecule has 4 heteroatoms. The van der Waals surface area contributed by atoms with E-state index in [0.717, 1.165) is 12.0 Å². The molecule has 120 valence electrons. The lowest BCUT2D eigenvalue weighted by molar-refractivity contribution is -0.131. The maximum atomic E-state index is 12.4. The van der Waals surface area contributed by atoms with E-state index in [1.807, 2.05) is 31.2 Å². The topological polar surface area (TPSA) is 66.4 Å². The summed E-state index contributed by atoms with van der Waals surface area (Å²) in [5.41, 5.74) is 2.14. The number of Topliss-reactive ketones (excluding diaryl/α,β-unsaturated/α-hetero) is 1. The van der Waals surface area contributed by atoms with Gasteiger partial charge in [-0.25, -0.2) is 0 Å².